The normalized spacial score (nSPS) is 11.5. The lowest BCUT2D eigenvalue weighted by Gasteiger charge is -2.11. The van der Waals surface area contributed by atoms with E-state index in [0.29, 0.717) is 19.3 Å². The first-order chi connectivity index (χ1) is 7.60. The standard InChI is InChI=1S/C12H18O4/c1-3-7-10(4-2)16-12(15)9-6-5-8-11(13)14/h3-4,10H,1-2,5-9H2,(H,13,14). The number of ether oxygens (including phenoxy) is 1. The van der Waals surface area contributed by atoms with Crippen molar-refractivity contribution >= 4 is 11.9 Å². The molecule has 0 fully saturated rings. The number of carbonyl (C=O) groups is 2. The Morgan fingerprint density at radius 3 is 2.38 bits per heavy atom. The SMILES string of the molecule is C=CCC(C=C)OC(=O)CCCCC(=O)O. The van der Waals surface area contributed by atoms with E-state index in [1.807, 2.05) is 0 Å². The van der Waals surface area contributed by atoms with Crippen LogP contribution < -0.4 is 0 Å². The fraction of sp³-hybridized carbons (Fsp3) is 0.500. The van der Waals surface area contributed by atoms with Crippen molar-refractivity contribution < 1.29 is 19.4 Å². The lowest BCUT2D eigenvalue weighted by Crippen LogP contribution is -2.15. The Morgan fingerprint density at radius 2 is 1.88 bits per heavy atom. The summed E-state index contributed by atoms with van der Waals surface area (Å²) < 4.78 is 5.07. The van der Waals surface area contributed by atoms with E-state index in [9.17, 15) is 9.59 Å². The second-order valence-corrected chi connectivity index (χ2v) is 3.39. The molecule has 0 saturated heterocycles. The third-order valence-corrected chi connectivity index (χ3v) is 1.97. The van der Waals surface area contributed by atoms with Crippen LogP contribution in [0.3, 0.4) is 0 Å². The van der Waals surface area contributed by atoms with E-state index in [4.69, 9.17) is 9.84 Å². The summed E-state index contributed by atoms with van der Waals surface area (Å²) in [6, 6.07) is 0. The molecule has 1 atom stereocenters. The third-order valence-electron chi connectivity index (χ3n) is 1.97. The number of unbranched alkanes of at least 4 members (excludes halogenated alkanes) is 1. The third kappa shape index (κ3) is 7.79. The largest absolute Gasteiger partial charge is 0.481 e. The summed E-state index contributed by atoms with van der Waals surface area (Å²) in [5.41, 5.74) is 0. The lowest BCUT2D eigenvalue weighted by molar-refractivity contribution is -0.147. The molecule has 0 aliphatic heterocycles. The number of carboxylic acid groups (broad SMARTS) is 1. The van der Waals surface area contributed by atoms with Gasteiger partial charge in [0.1, 0.15) is 6.10 Å². The minimum atomic E-state index is -0.844. The van der Waals surface area contributed by atoms with E-state index in [1.54, 1.807) is 12.2 Å². The highest BCUT2D eigenvalue weighted by atomic mass is 16.5. The zero-order chi connectivity index (χ0) is 12.4. The van der Waals surface area contributed by atoms with E-state index >= 15 is 0 Å². The van der Waals surface area contributed by atoms with Crippen molar-refractivity contribution in [1.82, 2.24) is 0 Å². The number of hydrogen-bond acceptors (Lipinski definition) is 3. The Morgan fingerprint density at radius 1 is 1.25 bits per heavy atom. The number of aliphatic carboxylic acids is 1. The minimum Gasteiger partial charge on any atom is -0.481 e. The summed E-state index contributed by atoms with van der Waals surface area (Å²) in [6.45, 7) is 7.10. The highest BCUT2D eigenvalue weighted by molar-refractivity contribution is 5.70. The molecule has 0 spiro atoms. The molecule has 0 aliphatic carbocycles. The summed E-state index contributed by atoms with van der Waals surface area (Å²) in [5.74, 6) is -1.17. The molecule has 0 bridgehead atoms. The Bertz CT molecular complexity index is 258. The number of carboxylic acids is 1. The van der Waals surface area contributed by atoms with Crippen LogP contribution in [0.1, 0.15) is 32.1 Å². The van der Waals surface area contributed by atoms with E-state index < -0.39 is 5.97 Å². The van der Waals surface area contributed by atoms with Gasteiger partial charge in [0.25, 0.3) is 0 Å². The summed E-state index contributed by atoms with van der Waals surface area (Å²) >= 11 is 0. The topological polar surface area (TPSA) is 63.6 Å². The van der Waals surface area contributed by atoms with Crippen LogP contribution in [0.2, 0.25) is 0 Å². The predicted molar refractivity (Wildman–Crippen MR) is 61.0 cm³/mol. The van der Waals surface area contributed by atoms with Crippen molar-refractivity contribution in [2.75, 3.05) is 0 Å². The maximum absolute atomic E-state index is 11.3. The van der Waals surface area contributed by atoms with Crippen molar-refractivity contribution in [2.45, 2.75) is 38.2 Å². The van der Waals surface area contributed by atoms with Crippen LogP contribution >= 0.6 is 0 Å². The molecule has 0 aliphatic rings. The Labute approximate surface area is 95.6 Å². The average Bonchev–Trinajstić information content (AvgIpc) is 2.23. The van der Waals surface area contributed by atoms with Crippen LogP contribution in [-0.2, 0) is 14.3 Å². The van der Waals surface area contributed by atoms with Crippen molar-refractivity contribution in [1.29, 1.82) is 0 Å². The predicted octanol–water partition coefficient (Wildman–Crippen LogP) is 2.31. The van der Waals surface area contributed by atoms with Crippen LogP contribution in [0, 0.1) is 0 Å². The summed E-state index contributed by atoms with van der Waals surface area (Å²) in [7, 11) is 0. The van der Waals surface area contributed by atoms with Gasteiger partial charge in [-0.2, -0.15) is 0 Å². The first kappa shape index (κ1) is 14.4. The molecule has 0 radical (unpaired) electrons. The molecule has 1 N–H and O–H groups in total. The highest BCUT2D eigenvalue weighted by Crippen LogP contribution is 2.06. The van der Waals surface area contributed by atoms with Crippen LogP contribution in [-0.4, -0.2) is 23.1 Å². The second-order valence-electron chi connectivity index (χ2n) is 3.39. The van der Waals surface area contributed by atoms with Gasteiger partial charge in [-0.15, -0.1) is 6.58 Å². The second kappa shape index (κ2) is 8.71. The maximum Gasteiger partial charge on any atom is 0.306 e. The lowest BCUT2D eigenvalue weighted by atomic mass is 10.2. The van der Waals surface area contributed by atoms with E-state index in [2.05, 4.69) is 13.2 Å². The Balaban J connectivity index is 3.67. The van der Waals surface area contributed by atoms with Crippen LogP contribution in [0.25, 0.3) is 0 Å². The molecule has 0 saturated carbocycles. The van der Waals surface area contributed by atoms with Crippen molar-refractivity contribution in [3.8, 4) is 0 Å². The minimum absolute atomic E-state index is 0.0881. The van der Waals surface area contributed by atoms with Gasteiger partial charge in [0.2, 0.25) is 0 Å². The monoisotopic (exact) mass is 226 g/mol. The fourth-order valence-electron chi connectivity index (χ4n) is 1.13. The molecule has 0 rings (SSSR count). The maximum atomic E-state index is 11.3. The summed E-state index contributed by atoms with van der Waals surface area (Å²) in [4.78, 5) is 21.5. The quantitative estimate of drug-likeness (QED) is 0.372. The van der Waals surface area contributed by atoms with Gasteiger partial charge in [-0.05, 0) is 12.8 Å². The molecule has 16 heavy (non-hydrogen) atoms. The Hall–Kier alpha value is -1.58. The van der Waals surface area contributed by atoms with Crippen molar-refractivity contribution in [2.24, 2.45) is 0 Å². The molecule has 0 aromatic rings. The smallest absolute Gasteiger partial charge is 0.306 e. The highest BCUT2D eigenvalue weighted by Gasteiger charge is 2.09. The number of carbonyl (C=O) groups excluding carboxylic acids is 1. The van der Waals surface area contributed by atoms with Gasteiger partial charge >= 0.3 is 11.9 Å². The van der Waals surface area contributed by atoms with E-state index in [0.717, 1.165) is 0 Å². The van der Waals surface area contributed by atoms with Gasteiger partial charge < -0.3 is 9.84 Å². The first-order valence-electron chi connectivity index (χ1n) is 5.25. The summed E-state index contributed by atoms with van der Waals surface area (Å²) in [6.07, 6.45) is 4.78. The van der Waals surface area contributed by atoms with Crippen LogP contribution in [0.4, 0.5) is 0 Å². The number of esters is 1. The average molecular weight is 226 g/mol. The van der Waals surface area contributed by atoms with Gasteiger partial charge in [-0.25, -0.2) is 0 Å². The molecule has 90 valence electrons. The van der Waals surface area contributed by atoms with Gasteiger partial charge in [0.15, 0.2) is 0 Å². The van der Waals surface area contributed by atoms with Crippen LogP contribution in [0.15, 0.2) is 25.3 Å². The molecular weight excluding hydrogens is 208 g/mol. The van der Waals surface area contributed by atoms with Gasteiger partial charge in [-0.1, -0.05) is 18.7 Å². The zero-order valence-electron chi connectivity index (χ0n) is 9.35. The number of rotatable bonds is 9. The van der Waals surface area contributed by atoms with E-state index in [-0.39, 0.29) is 24.9 Å². The van der Waals surface area contributed by atoms with Gasteiger partial charge in [-0.3, -0.25) is 9.59 Å². The Kier molecular flexibility index (Phi) is 7.85. The van der Waals surface area contributed by atoms with Gasteiger partial charge in [0, 0.05) is 19.3 Å². The molecule has 0 aromatic carbocycles. The molecule has 4 heteroatoms. The molecule has 1 unspecified atom stereocenters. The molecule has 0 amide bonds. The zero-order valence-corrected chi connectivity index (χ0v) is 9.35. The number of hydrogen-bond donors (Lipinski definition) is 1. The van der Waals surface area contributed by atoms with Crippen molar-refractivity contribution in [3.05, 3.63) is 25.3 Å². The molecule has 0 aromatic heterocycles. The van der Waals surface area contributed by atoms with Crippen LogP contribution in [0.5, 0.6) is 0 Å². The molecular formula is C12H18O4. The van der Waals surface area contributed by atoms with Gasteiger partial charge in [0.05, 0.1) is 0 Å². The first-order valence-corrected chi connectivity index (χ1v) is 5.25. The summed E-state index contributed by atoms with van der Waals surface area (Å²) in [5, 5.41) is 8.39. The molecule has 0 heterocycles. The van der Waals surface area contributed by atoms with E-state index in [1.165, 1.54) is 0 Å². The molecule has 4 nitrogen and oxygen atoms in total. The fourth-order valence-corrected chi connectivity index (χ4v) is 1.13. The van der Waals surface area contributed by atoms with Crippen molar-refractivity contribution in [3.63, 3.8) is 0 Å².